The summed E-state index contributed by atoms with van der Waals surface area (Å²) in [5, 5.41) is 17.8. The second-order valence-corrected chi connectivity index (χ2v) is 9.44. The van der Waals surface area contributed by atoms with Crippen molar-refractivity contribution in [3.05, 3.63) is 82.9 Å². The Morgan fingerprint density at radius 3 is 2.56 bits per heavy atom. The van der Waals surface area contributed by atoms with E-state index in [-0.39, 0.29) is 17.4 Å². The van der Waals surface area contributed by atoms with Crippen molar-refractivity contribution < 1.29 is 28.2 Å². The first-order valence-electron chi connectivity index (χ1n) is 11.0. The summed E-state index contributed by atoms with van der Waals surface area (Å²) in [6.45, 7) is 5.47. The zero-order valence-corrected chi connectivity index (χ0v) is 20.7. The van der Waals surface area contributed by atoms with Gasteiger partial charge in [-0.1, -0.05) is 24.3 Å². The maximum absolute atomic E-state index is 14.9. The first kappa shape index (κ1) is 25.3. The molecule has 4 rings (SSSR count). The summed E-state index contributed by atoms with van der Waals surface area (Å²) < 4.78 is 40.5. The third kappa shape index (κ3) is 4.82. The fraction of sp³-hybridized carbons (Fsp3) is 0.231. The number of thiophene rings is 1. The summed E-state index contributed by atoms with van der Waals surface area (Å²) in [7, 11) is 2.49. The van der Waals surface area contributed by atoms with Crippen LogP contribution in [0.5, 0.6) is 11.5 Å². The number of aliphatic hydroxyl groups is 1. The van der Waals surface area contributed by atoms with Gasteiger partial charge in [-0.25, -0.2) is 13.8 Å². The van der Waals surface area contributed by atoms with Gasteiger partial charge in [-0.3, -0.25) is 4.79 Å². The highest BCUT2D eigenvalue weighted by atomic mass is 32.1. The van der Waals surface area contributed by atoms with E-state index >= 15 is 0 Å². The molecule has 0 saturated carbocycles. The number of nitrogens with zero attached hydrogens (tertiary/aromatic N) is 1. The van der Waals surface area contributed by atoms with E-state index < -0.39 is 29.0 Å². The van der Waals surface area contributed by atoms with Crippen LogP contribution in [0.4, 0.5) is 14.6 Å². The summed E-state index contributed by atoms with van der Waals surface area (Å²) >= 11 is 1.15. The Labute approximate surface area is 210 Å². The van der Waals surface area contributed by atoms with Crippen molar-refractivity contribution in [3.8, 4) is 11.5 Å². The molecule has 3 N–H and O–H groups in total. The molecule has 0 aliphatic heterocycles. The number of halogens is 2. The van der Waals surface area contributed by atoms with Crippen LogP contribution < -0.4 is 20.1 Å². The number of allylic oxidation sites excluding steroid dienone is 2. The number of anilines is 1. The van der Waals surface area contributed by atoms with Crippen molar-refractivity contribution in [2.45, 2.75) is 25.1 Å². The van der Waals surface area contributed by atoms with E-state index in [1.807, 2.05) is 25.2 Å². The number of nitrogens with one attached hydrogen (secondary N) is 2. The number of ether oxygens (including phenoxy) is 2. The third-order valence-electron chi connectivity index (χ3n) is 5.78. The lowest BCUT2D eigenvalue weighted by molar-refractivity contribution is -0.117. The molecule has 2 heterocycles. The average molecular weight is 514 g/mol. The number of carbonyl (C=O) groups is 1. The molecule has 0 spiro atoms. The van der Waals surface area contributed by atoms with Gasteiger partial charge in [0.25, 0.3) is 0 Å². The first-order valence-corrected chi connectivity index (χ1v) is 11.8. The molecule has 2 unspecified atom stereocenters. The van der Waals surface area contributed by atoms with Crippen molar-refractivity contribution in [2.75, 3.05) is 19.5 Å². The summed E-state index contributed by atoms with van der Waals surface area (Å²) in [5.41, 5.74) is -0.425. The van der Waals surface area contributed by atoms with E-state index in [9.17, 15) is 18.7 Å². The number of fused-ring (bicyclic) bond motifs is 1. The topological polar surface area (TPSA) is 92.7 Å². The van der Waals surface area contributed by atoms with Crippen molar-refractivity contribution in [2.24, 2.45) is 0 Å². The quantitative estimate of drug-likeness (QED) is 0.290. The van der Waals surface area contributed by atoms with E-state index in [2.05, 4.69) is 22.2 Å². The monoisotopic (exact) mass is 513 g/mol. The lowest BCUT2D eigenvalue weighted by atomic mass is 9.94. The number of amides is 1. The number of hydrogen-bond donors (Lipinski definition) is 3. The Kier molecular flexibility index (Phi) is 7.09. The fourth-order valence-electron chi connectivity index (χ4n) is 4.09. The molecule has 10 heteroatoms. The van der Waals surface area contributed by atoms with Gasteiger partial charge in [0.2, 0.25) is 5.91 Å². The average Bonchev–Trinajstić information content (AvgIpc) is 3.27. The highest BCUT2D eigenvalue weighted by Gasteiger charge is 2.31. The van der Waals surface area contributed by atoms with Gasteiger partial charge in [-0.05, 0) is 36.6 Å². The lowest BCUT2D eigenvalue weighted by Crippen LogP contribution is -2.53. The minimum Gasteiger partial charge on any atom is -0.494 e. The summed E-state index contributed by atoms with van der Waals surface area (Å²) in [6, 6.07) is 4.47. The smallest absolute Gasteiger partial charge is 0.245 e. The summed E-state index contributed by atoms with van der Waals surface area (Å²) in [5.74, 6) is -2.38. The molecule has 1 amide bonds. The third-order valence-corrected chi connectivity index (χ3v) is 6.91. The second-order valence-electron chi connectivity index (χ2n) is 8.32. The number of rotatable bonds is 8. The first-order chi connectivity index (χ1) is 17.2. The van der Waals surface area contributed by atoms with Gasteiger partial charge >= 0.3 is 0 Å². The van der Waals surface area contributed by atoms with Gasteiger partial charge in [0.1, 0.15) is 17.6 Å². The molecule has 0 radical (unpaired) electrons. The fourth-order valence-corrected chi connectivity index (χ4v) is 5.10. The summed E-state index contributed by atoms with van der Waals surface area (Å²) in [6.07, 6.45) is 7.32. The second kappa shape index (κ2) is 10.1. The minimum atomic E-state index is -1.60. The number of benzene rings is 1. The molecule has 1 aliphatic carbocycles. The summed E-state index contributed by atoms with van der Waals surface area (Å²) in [4.78, 5) is 16.9. The molecule has 36 heavy (non-hydrogen) atoms. The predicted molar refractivity (Wildman–Crippen MR) is 135 cm³/mol. The van der Waals surface area contributed by atoms with Crippen LogP contribution in [-0.2, 0) is 4.79 Å². The Morgan fingerprint density at radius 1 is 1.25 bits per heavy atom. The number of methoxy groups -OCH3 is 2. The number of aromatic nitrogens is 1. The largest absolute Gasteiger partial charge is 0.494 e. The maximum atomic E-state index is 14.9. The van der Waals surface area contributed by atoms with E-state index in [0.29, 0.717) is 27.2 Å². The maximum Gasteiger partial charge on any atom is 0.245 e. The zero-order valence-electron chi connectivity index (χ0n) is 19.9. The Balaban J connectivity index is 1.69. The number of pyridine rings is 1. The van der Waals surface area contributed by atoms with Crippen LogP contribution in [-0.4, -0.2) is 35.9 Å². The van der Waals surface area contributed by atoms with Crippen LogP contribution in [0.2, 0.25) is 0 Å². The van der Waals surface area contributed by atoms with Gasteiger partial charge in [0, 0.05) is 23.6 Å². The van der Waals surface area contributed by atoms with Gasteiger partial charge in [-0.15, -0.1) is 11.3 Å². The van der Waals surface area contributed by atoms with Gasteiger partial charge in [0.05, 0.1) is 24.5 Å². The Morgan fingerprint density at radius 2 is 1.94 bits per heavy atom. The zero-order chi connectivity index (χ0) is 26.0. The molecule has 1 aromatic carbocycles. The molecule has 2 atom stereocenters. The van der Waals surface area contributed by atoms with E-state index in [0.717, 1.165) is 23.0 Å². The normalized spacial score (nSPS) is 17.9. The van der Waals surface area contributed by atoms with Crippen molar-refractivity contribution in [1.29, 1.82) is 0 Å². The molecule has 3 aromatic rings. The highest BCUT2D eigenvalue weighted by Crippen LogP contribution is 2.40. The van der Waals surface area contributed by atoms with Crippen molar-refractivity contribution in [1.82, 2.24) is 10.3 Å². The van der Waals surface area contributed by atoms with Gasteiger partial charge < -0.3 is 25.2 Å². The molecule has 0 bridgehead atoms. The van der Waals surface area contributed by atoms with Crippen LogP contribution in [0.1, 0.15) is 29.9 Å². The molecular weight excluding hydrogens is 488 g/mol. The number of aliphatic hydroxyl groups excluding tert-OH is 1. The van der Waals surface area contributed by atoms with Crippen molar-refractivity contribution >= 4 is 33.1 Å². The SMILES string of the molecule is C=CC(=O)NC1(Nc2cc3cc(C(O)c4c(F)c(OC)cc(OC)c4F)sc3cn2)C=CC=C(C)C1. The van der Waals surface area contributed by atoms with Gasteiger partial charge in [-0.2, -0.15) is 0 Å². The molecule has 2 aromatic heterocycles. The molecule has 0 fully saturated rings. The lowest BCUT2D eigenvalue weighted by Gasteiger charge is -2.35. The molecular formula is C26H25F2N3O4S. The molecule has 188 valence electrons. The number of hydrogen-bond acceptors (Lipinski definition) is 7. The van der Waals surface area contributed by atoms with Crippen LogP contribution in [0.15, 0.2) is 60.9 Å². The van der Waals surface area contributed by atoms with Gasteiger partial charge in [0.15, 0.2) is 23.1 Å². The van der Waals surface area contributed by atoms with Crippen molar-refractivity contribution in [3.63, 3.8) is 0 Å². The Bertz CT molecular complexity index is 1370. The van der Waals surface area contributed by atoms with E-state index in [1.54, 1.807) is 18.3 Å². The van der Waals surface area contributed by atoms with Crippen LogP contribution in [0, 0.1) is 11.6 Å². The van der Waals surface area contributed by atoms with E-state index in [1.165, 1.54) is 20.3 Å². The van der Waals surface area contributed by atoms with Crippen LogP contribution >= 0.6 is 11.3 Å². The van der Waals surface area contributed by atoms with Crippen LogP contribution in [0.25, 0.3) is 10.1 Å². The van der Waals surface area contributed by atoms with E-state index in [4.69, 9.17) is 9.47 Å². The standard InChI is InChI=1S/C26H25F2N3O4S/c1-5-21(32)31-26(8-6-7-14(2)12-26)30-20-10-15-9-18(36-19(15)13-29-20)25(33)22-23(27)16(34-3)11-17(35-4)24(22)28/h5-11,13,25,33H,1,12H2,2-4H3,(H,29,30)(H,31,32). The molecule has 7 nitrogen and oxygen atoms in total. The minimum absolute atomic E-state index is 0.242. The number of carbonyl (C=O) groups excluding carboxylic acids is 1. The van der Waals surface area contributed by atoms with Crippen LogP contribution in [0.3, 0.4) is 0 Å². The predicted octanol–water partition coefficient (Wildman–Crippen LogP) is 4.99. The Hall–Kier alpha value is -3.76. The highest BCUT2D eigenvalue weighted by molar-refractivity contribution is 7.19. The molecule has 1 aliphatic rings. The molecule has 0 saturated heterocycles.